The van der Waals surface area contributed by atoms with E-state index >= 15 is 0 Å². The molecule has 0 aromatic heterocycles. The van der Waals surface area contributed by atoms with Gasteiger partial charge in [0.2, 0.25) is 5.96 Å². The van der Waals surface area contributed by atoms with Crippen LogP contribution in [0.2, 0.25) is 0 Å². The molecule has 0 aliphatic carbocycles. The minimum absolute atomic E-state index is 0.0124. The minimum Gasteiger partial charge on any atom is -0.453 e. The Balaban J connectivity index is 2.11. The summed E-state index contributed by atoms with van der Waals surface area (Å²) >= 11 is 6.87. The first-order valence-corrected chi connectivity index (χ1v) is 6.80. The van der Waals surface area contributed by atoms with Crippen molar-refractivity contribution < 1.29 is 9.53 Å². The van der Waals surface area contributed by atoms with Crippen molar-refractivity contribution in [1.82, 2.24) is 10.6 Å². The summed E-state index contributed by atoms with van der Waals surface area (Å²) in [6, 6.07) is 5.94. The number of aliphatic imine (C=N–C) groups is 1. The lowest BCUT2D eigenvalue weighted by atomic mass is 10.1. The highest BCUT2D eigenvalue weighted by Crippen LogP contribution is 2.28. The Bertz CT molecular complexity index is 505. The maximum atomic E-state index is 11.0. The van der Waals surface area contributed by atoms with E-state index in [2.05, 4.69) is 52.2 Å². The predicted molar refractivity (Wildman–Crippen MR) is 75.6 cm³/mol. The molecule has 1 aromatic carbocycles. The summed E-state index contributed by atoms with van der Waals surface area (Å²) in [4.78, 5) is 15.4. The summed E-state index contributed by atoms with van der Waals surface area (Å²) in [7, 11) is 1.31. The van der Waals surface area contributed by atoms with E-state index in [1.165, 1.54) is 7.11 Å². The third kappa shape index (κ3) is 3.02. The molecule has 5 nitrogen and oxygen atoms in total. The van der Waals surface area contributed by atoms with Gasteiger partial charge in [0.05, 0.1) is 13.2 Å². The number of amides is 1. The maximum Gasteiger partial charge on any atom is 0.413 e. The SMILES string of the molecule is COC(=O)NC1=NC(c2ccc(Br)c(Br)c2)CN1. The number of hydrogen-bond donors (Lipinski definition) is 2. The van der Waals surface area contributed by atoms with Gasteiger partial charge in [-0.05, 0) is 49.6 Å². The van der Waals surface area contributed by atoms with Gasteiger partial charge in [0.15, 0.2) is 0 Å². The number of alkyl carbamates (subject to hydrolysis) is 1. The standard InChI is InChI=1S/C11H11Br2N3O2/c1-18-11(17)16-10-14-5-9(15-10)6-2-3-7(12)8(13)4-6/h2-4,9H,5H2,1H3,(H2,14,15,16,17). The Kier molecular flexibility index (Phi) is 4.23. The smallest absolute Gasteiger partial charge is 0.413 e. The van der Waals surface area contributed by atoms with E-state index < -0.39 is 6.09 Å². The van der Waals surface area contributed by atoms with Crippen molar-refractivity contribution >= 4 is 43.9 Å². The molecule has 18 heavy (non-hydrogen) atoms. The molecule has 0 saturated heterocycles. The Morgan fingerprint density at radius 1 is 1.50 bits per heavy atom. The minimum atomic E-state index is -0.529. The number of rotatable bonds is 1. The van der Waals surface area contributed by atoms with Gasteiger partial charge in [-0.15, -0.1) is 0 Å². The van der Waals surface area contributed by atoms with Gasteiger partial charge in [0, 0.05) is 15.5 Å². The van der Waals surface area contributed by atoms with Crippen LogP contribution in [0.1, 0.15) is 11.6 Å². The van der Waals surface area contributed by atoms with Crippen LogP contribution in [0.4, 0.5) is 4.79 Å². The highest BCUT2D eigenvalue weighted by Gasteiger charge is 2.20. The van der Waals surface area contributed by atoms with Crippen LogP contribution in [-0.4, -0.2) is 25.7 Å². The molecular formula is C11H11Br2N3O2. The highest BCUT2D eigenvalue weighted by atomic mass is 79.9. The van der Waals surface area contributed by atoms with Gasteiger partial charge in [-0.2, -0.15) is 0 Å². The molecule has 0 spiro atoms. The fourth-order valence-corrected chi connectivity index (χ4v) is 2.22. The second-order valence-electron chi connectivity index (χ2n) is 3.66. The van der Waals surface area contributed by atoms with E-state index in [1.54, 1.807) is 0 Å². The van der Waals surface area contributed by atoms with Crippen molar-refractivity contribution in [1.29, 1.82) is 0 Å². The van der Waals surface area contributed by atoms with Crippen LogP contribution in [0.5, 0.6) is 0 Å². The monoisotopic (exact) mass is 375 g/mol. The van der Waals surface area contributed by atoms with E-state index in [0.717, 1.165) is 14.5 Å². The molecule has 1 amide bonds. The molecule has 7 heteroatoms. The van der Waals surface area contributed by atoms with Crippen LogP contribution in [0.25, 0.3) is 0 Å². The van der Waals surface area contributed by atoms with Crippen molar-refractivity contribution in [2.75, 3.05) is 13.7 Å². The Morgan fingerprint density at radius 3 is 2.94 bits per heavy atom. The second kappa shape index (κ2) is 5.71. The molecule has 1 aliphatic heterocycles. The molecule has 0 radical (unpaired) electrons. The third-order valence-electron chi connectivity index (χ3n) is 2.48. The number of methoxy groups -OCH3 is 1. The van der Waals surface area contributed by atoms with Gasteiger partial charge in [-0.3, -0.25) is 5.32 Å². The van der Waals surface area contributed by atoms with Gasteiger partial charge < -0.3 is 10.1 Å². The van der Waals surface area contributed by atoms with Crippen LogP contribution in [0, 0.1) is 0 Å². The quantitative estimate of drug-likeness (QED) is 0.791. The van der Waals surface area contributed by atoms with Gasteiger partial charge in [0.1, 0.15) is 0 Å². The molecule has 96 valence electrons. The first-order valence-electron chi connectivity index (χ1n) is 5.21. The molecule has 0 saturated carbocycles. The van der Waals surface area contributed by atoms with Crippen molar-refractivity contribution in [2.24, 2.45) is 4.99 Å². The number of carbonyl (C=O) groups is 1. The van der Waals surface area contributed by atoms with Crippen molar-refractivity contribution in [3.05, 3.63) is 32.7 Å². The zero-order chi connectivity index (χ0) is 13.1. The number of nitrogens with zero attached hydrogens (tertiary/aromatic N) is 1. The summed E-state index contributed by atoms with van der Waals surface area (Å²) in [5.41, 5.74) is 1.07. The van der Waals surface area contributed by atoms with Crippen LogP contribution in [0.15, 0.2) is 32.1 Å². The van der Waals surface area contributed by atoms with Crippen molar-refractivity contribution in [3.63, 3.8) is 0 Å². The summed E-state index contributed by atoms with van der Waals surface area (Å²) in [6.07, 6.45) is -0.529. The van der Waals surface area contributed by atoms with Crippen LogP contribution < -0.4 is 10.6 Å². The zero-order valence-corrected chi connectivity index (χ0v) is 12.7. The molecule has 2 N–H and O–H groups in total. The second-order valence-corrected chi connectivity index (χ2v) is 5.37. The average Bonchev–Trinajstić information content (AvgIpc) is 2.81. The molecule has 2 rings (SSSR count). The van der Waals surface area contributed by atoms with E-state index in [9.17, 15) is 4.79 Å². The number of carbonyl (C=O) groups excluding carboxylic acids is 1. The number of ether oxygens (including phenoxy) is 1. The molecule has 1 atom stereocenters. The average molecular weight is 377 g/mol. The Labute approximate surface area is 121 Å². The Morgan fingerprint density at radius 2 is 2.28 bits per heavy atom. The predicted octanol–water partition coefficient (Wildman–Crippen LogP) is 2.57. The maximum absolute atomic E-state index is 11.0. The number of hydrogen-bond acceptors (Lipinski definition) is 4. The lowest BCUT2D eigenvalue weighted by Gasteiger charge is -2.07. The lowest BCUT2D eigenvalue weighted by molar-refractivity contribution is 0.176. The van der Waals surface area contributed by atoms with Gasteiger partial charge in [-0.25, -0.2) is 9.79 Å². The summed E-state index contributed by atoms with van der Waals surface area (Å²) < 4.78 is 6.47. The summed E-state index contributed by atoms with van der Waals surface area (Å²) in [5, 5.41) is 5.53. The molecule has 1 aliphatic rings. The lowest BCUT2D eigenvalue weighted by Crippen LogP contribution is -2.37. The van der Waals surface area contributed by atoms with Crippen LogP contribution in [0.3, 0.4) is 0 Å². The van der Waals surface area contributed by atoms with E-state index in [0.29, 0.717) is 12.5 Å². The van der Waals surface area contributed by atoms with Gasteiger partial charge >= 0.3 is 6.09 Å². The molecule has 0 fully saturated rings. The van der Waals surface area contributed by atoms with Gasteiger partial charge in [-0.1, -0.05) is 6.07 Å². The largest absolute Gasteiger partial charge is 0.453 e. The van der Waals surface area contributed by atoms with Crippen molar-refractivity contribution in [3.8, 4) is 0 Å². The number of halogens is 2. The van der Waals surface area contributed by atoms with E-state index in [1.807, 2.05) is 18.2 Å². The van der Waals surface area contributed by atoms with Gasteiger partial charge in [0.25, 0.3) is 0 Å². The van der Waals surface area contributed by atoms with Crippen molar-refractivity contribution in [2.45, 2.75) is 6.04 Å². The van der Waals surface area contributed by atoms with E-state index in [-0.39, 0.29) is 6.04 Å². The number of benzene rings is 1. The fraction of sp³-hybridized carbons (Fsp3) is 0.273. The first-order chi connectivity index (χ1) is 8.60. The zero-order valence-electron chi connectivity index (χ0n) is 9.54. The Hall–Kier alpha value is -1.08. The van der Waals surface area contributed by atoms with Crippen LogP contribution in [-0.2, 0) is 4.74 Å². The summed E-state index contributed by atoms with van der Waals surface area (Å²) in [5.74, 6) is 0.436. The number of nitrogens with one attached hydrogen (secondary N) is 2. The number of guanidine groups is 1. The molecule has 0 bridgehead atoms. The van der Waals surface area contributed by atoms with E-state index in [4.69, 9.17) is 0 Å². The van der Waals surface area contributed by atoms with Crippen LogP contribution >= 0.6 is 31.9 Å². The normalized spacial score (nSPS) is 17.9. The molecule has 1 unspecified atom stereocenters. The first kappa shape index (κ1) is 13.4. The fourth-order valence-electron chi connectivity index (χ4n) is 1.58. The summed E-state index contributed by atoms with van der Waals surface area (Å²) in [6.45, 7) is 0.646. The third-order valence-corrected chi connectivity index (χ3v) is 4.36. The molecule has 1 aromatic rings. The highest BCUT2D eigenvalue weighted by molar-refractivity contribution is 9.13. The topological polar surface area (TPSA) is 62.7 Å². The molecule has 1 heterocycles. The molecular weight excluding hydrogens is 366 g/mol.